The van der Waals surface area contributed by atoms with Gasteiger partial charge in [-0.1, -0.05) is 6.92 Å². The molecule has 0 heterocycles. The Hall–Kier alpha value is 0.220. The molecule has 4 aliphatic carbocycles. The van der Waals surface area contributed by atoms with Crippen molar-refractivity contribution in [3.05, 3.63) is 0 Å². The third kappa shape index (κ3) is 6.66. The molecule has 0 unspecified atom stereocenters. The van der Waals surface area contributed by atoms with Gasteiger partial charge < -0.3 is 9.47 Å². The van der Waals surface area contributed by atoms with Crippen LogP contribution in [0.25, 0.3) is 0 Å². The molecule has 0 spiro atoms. The van der Waals surface area contributed by atoms with E-state index in [1.165, 1.54) is 51.4 Å². The van der Waals surface area contributed by atoms with Gasteiger partial charge in [0.05, 0.1) is 28.8 Å². The molecule has 4 rings (SSSR count). The molecule has 0 aromatic carbocycles. The van der Waals surface area contributed by atoms with Crippen LogP contribution in [0.4, 0.5) is 0 Å². The molecule has 0 radical (unpaired) electrons. The Balaban J connectivity index is 1.13. The Morgan fingerprint density at radius 2 is 1.00 bits per heavy atom. The molecule has 0 amide bonds. The third-order valence-corrected chi connectivity index (χ3v) is 13.4. The quantitative estimate of drug-likeness (QED) is 0.422. The average molecular weight is 487 g/mol. The molecular weight excluding hydrogens is 440 g/mol. The van der Waals surface area contributed by atoms with Crippen molar-refractivity contribution < 1.29 is 17.9 Å². The van der Waals surface area contributed by atoms with Crippen LogP contribution in [0.15, 0.2) is 0 Å². The minimum absolute atomic E-state index is 0.0708. The predicted molar refractivity (Wildman–Crippen MR) is 134 cm³/mol. The summed E-state index contributed by atoms with van der Waals surface area (Å²) in [6, 6.07) is 0. The number of hydrogen-bond acceptors (Lipinski definition) is 5. The van der Waals surface area contributed by atoms with Crippen LogP contribution < -0.4 is 0 Å². The first kappa shape index (κ1) is 25.3. The monoisotopic (exact) mass is 486 g/mol. The van der Waals surface area contributed by atoms with E-state index in [4.69, 9.17) is 9.47 Å². The molecule has 0 bridgehead atoms. The summed E-state index contributed by atoms with van der Waals surface area (Å²) in [5, 5.41) is 1.45. The summed E-state index contributed by atoms with van der Waals surface area (Å²) in [7, 11) is -1.11. The lowest BCUT2D eigenvalue weighted by molar-refractivity contribution is -0.0440. The van der Waals surface area contributed by atoms with E-state index in [0.29, 0.717) is 18.1 Å². The number of thioether (sulfide) groups is 1. The van der Waals surface area contributed by atoms with Crippen LogP contribution in [0.3, 0.4) is 0 Å². The van der Waals surface area contributed by atoms with Gasteiger partial charge in [-0.05, 0) is 109 Å². The summed E-state index contributed by atoms with van der Waals surface area (Å²) in [6.45, 7) is 2.25. The second kappa shape index (κ2) is 11.8. The zero-order valence-electron chi connectivity index (χ0n) is 20.4. The van der Waals surface area contributed by atoms with Crippen molar-refractivity contribution in [3.63, 3.8) is 0 Å². The summed E-state index contributed by atoms with van der Waals surface area (Å²) in [6.07, 6.45) is 18.6. The predicted octanol–water partition coefficient (Wildman–Crippen LogP) is 6.31. The summed E-state index contributed by atoms with van der Waals surface area (Å²) < 4.78 is 38.3. The largest absolute Gasteiger partial charge is 0.381 e. The second-order valence-corrected chi connectivity index (χ2v) is 15.3. The third-order valence-electron chi connectivity index (χ3n) is 8.86. The molecule has 4 saturated carbocycles. The number of rotatable bonds is 7. The minimum atomic E-state index is -2.96. The Morgan fingerprint density at radius 1 is 0.594 bits per heavy atom. The fourth-order valence-corrected chi connectivity index (χ4v) is 10.6. The zero-order chi connectivity index (χ0) is 22.6. The first-order valence-corrected chi connectivity index (χ1v) is 16.1. The molecular formula is C26H46O4S2. The fraction of sp³-hybridized carbons (Fsp3) is 1.00. The molecule has 4 aliphatic rings. The van der Waals surface area contributed by atoms with Crippen molar-refractivity contribution in [2.75, 3.05) is 7.11 Å². The standard InChI is InChI=1S/C26H46O4S2/c1-19-3-15-25(16-4-19)32(27,28)26-17-9-22(10-18-26)30-21-7-13-24(14-8-21)31-23-11-5-20(29-2)6-12-23/h19-26H,3-18H2,1-2H3. The van der Waals surface area contributed by atoms with Crippen molar-refractivity contribution in [2.24, 2.45) is 5.92 Å². The molecule has 0 aromatic rings. The summed E-state index contributed by atoms with van der Waals surface area (Å²) in [5.74, 6) is 0.699. The number of ether oxygens (including phenoxy) is 2. The van der Waals surface area contributed by atoms with Gasteiger partial charge in [0.2, 0.25) is 0 Å². The van der Waals surface area contributed by atoms with Crippen molar-refractivity contribution in [1.82, 2.24) is 0 Å². The molecule has 0 aromatic heterocycles. The van der Waals surface area contributed by atoms with Crippen molar-refractivity contribution >= 4 is 21.6 Å². The van der Waals surface area contributed by atoms with Crippen molar-refractivity contribution in [3.8, 4) is 0 Å². The van der Waals surface area contributed by atoms with Crippen LogP contribution in [0.5, 0.6) is 0 Å². The summed E-state index contributed by atoms with van der Waals surface area (Å²) in [5.41, 5.74) is 0. The molecule has 4 nitrogen and oxygen atoms in total. The van der Waals surface area contributed by atoms with Gasteiger partial charge in [0.25, 0.3) is 0 Å². The maximum atomic E-state index is 13.1. The zero-order valence-corrected chi connectivity index (χ0v) is 22.0. The maximum absolute atomic E-state index is 13.1. The number of methoxy groups -OCH3 is 1. The molecule has 32 heavy (non-hydrogen) atoms. The first-order valence-electron chi connectivity index (χ1n) is 13.5. The van der Waals surface area contributed by atoms with E-state index < -0.39 is 9.84 Å². The van der Waals surface area contributed by atoms with Gasteiger partial charge in [0, 0.05) is 17.6 Å². The SMILES string of the molecule is COC1CCC(SC2CCC(OC3CCC(S(=O)(=O)C4CCC(C)CC4)CC3)CC2)CC1. The topological polar surface area (TPSA) is 52.6 Å². The molecule has 6 heteroatoms. The molecule has 0 saturated heterocycles. The van der Waals surface area contributed by atoms with Crippen LogP contribution in [-0.4, -0.2) is 54.8 Å². The van der Waals surface area contributed by atoms with Crippen LogP contribution in [0, 0.1) is 5.92 Å². The first-order chi connectivity index (χ1) is 15.4. The van der Waals surface area contributed by atoms with Crippen LogP contribution in [0.2, 0.25) is 0 Å². The lowest BCUT2D eigenvalue weighted by Gasteiger charge is -2.37. The molecule has 0 aliphatic heterocycles. The highest BCUT2D eigenvalue weighted by atomic mass is 32.2. The summed E-state index contributed by atoms with van der Waals surface area (Å²) in [4.78, 5) is 0. The molecule has 0 N–H and O–H groups in total. The number of sulfone groups is 1. The average Bonchev–Trinajstić information content (AvgIpc) is 2.81. The molecule has 4 fully saturated rings. The molecule has 0 atom stereocenters. The van der Waals surface area contributed by atoms with Gasteiger partial charge in [0.1, 0.15) is 0 Å². The molecule has 186 valence electrons. The van der Waals surface area contributed by atoms with Gasteiger partial charge in [-0.25, -0.2) is 8.42 Å². The normalized spacial score (nSPS) is 41.9. The van der Waals surface area contributed by atoms with Crippen LogP contribution in [0.1, 0.15) is 110 Å². The van der Waals surface area contributed by atoms with Gasteiger partial charge in [0.15, 0.2) is 9.84 Å². The van der Waals surface area contributed by atoms with Crippen molar-refractivity contribution in [2.45, 2.75) is 149 Å². The Bertz CT molecular complexity index is 649. The van der Waals surface area contributed by atoms with Crippen molar-refractivity contribution in [1.29, 1.82) is 0 Å². The van der Waals surface area contributed by atoms with E-state index in [2.05, 4.69) is 18.7 Å². The van der Waals surface area contributed by atoms with E-state index in [1.54, 1.807) is 0 Å². The highest BCUT2D eigenvalue weighted by Gasteiger charge is 2.38. The Labute approximate surface area is 201 Å². The lowest BCUT2D eigenvalue weighted by Crippen LogP contribution is -2.39. The van der Waals surface area contributed by atoms with E-state index in [-0.39, 0.29) is 16.6 Å². The highest BCUT2D eigenvalue weighted by molar-refractivity contribution is 8.00. The van der Waals surface area contributed by atoms with E-state index >= 15 is 0 Å². The minimum Gasteiger partial charge on any atom is -0.381 e. The lowest BCUT2D eigenvalue weighted by atomic mass is 9.91. The Kier molecular flexibility index (Phi) is 9.31. The van der Waals surface area contributed by atoms with Gasteiger partial charge in [-0.15, -0.1) is 0 Å². The van der Waals surface area contributed by atoms with Crippen LogP contribution >= 0.6 is 11.8 Å². The van der Waals surface area contributed by atoms with Gasteiger partial charge in [-0.3, -0.25) is 0 Å². The maximum Gasteiger partial charge on any atom is 0.156 e. The fourth-order valence-electron chi connectivity index (χ4n) is 6.58. The highest BCUT2D eigenvalue weighted by Crippen LogP contribution is 2.40. The second-order valence-electron chi connectivity index (χ2n) is 11.2. The van der Waals surface area contributed by atoms with E-state index in [1.807, 2.05) is 7.11 Å². The number of hydrogen-bond donors (Lipinski definition) is 0. The Morgan fingerprint density at radius 3 is 1.47 bits per heavy atom. The van der Waals surface area contributed by atoms with E-state index in [0.717, 1.165) is 61.9 Å². The smallest absolute Gasteiger partial charge is 0.156 e. The van der Waals surface area contributed by atoms with E-state index in [9.17, 15) is 8.42 Å². The van der Waals surface area contributed by atoms with Crippen LogP contribution in [-0.2, 0) is 19.3 Å². The van der Waals surface area contributed by atoms with Gasteiger partial charge >= 0.3 is 0 Å². The summed E-state index contributed by atoms with van der Waals surface area (Å²) >= 11 is 2.24. The van der Waals surface area contributed by atoms with Gasteiger partial charge in [-0.2, -0.15) is 11.8 Å².